The second kappa shape index (κ2) is 10.6. The molecule has 0 N–H and O–H groups in total. The summed E-state index contributed by atoms with van der Waals surface area (Å²) in [6.45, 7) is -2.81. The van der Waals surface area contributed by atoms with E-state index in [9.17, 15) is 14.9 Å². The van der Waals surface area contributed by atoms with Crippen LogP contribution in [0.4, 0.5) is 5.69 Å². The fraction of sp³-hybridized carbons (Fsp3) is 0. The molecule has 0 atom stereocenters. The van der Waals surface area contributed by atoms with Crippen molar-refractivity contribution in [1.82, 2.24) is 0 Å². The lowest BCUT2D eigenvalue weighted by Crippen LogP contribution is -2.34. The topological polar surface area (TPSA) is 60.2 Å². The highest BCUT2D eigenvalue weighted by molar-refractivity contribution is 7.97. The number of Topliss-reactive ketones (excluding diaryl/α,β-unsaturated/α-hetero) is 1. The molecule has 5 aromatic rings. The van der Waals surface area contributed by atoms with Crippen molar-refractivity contribution >= 4 is 39.6 Å². The van der Waals surface area contributed by atoms with E-state index in [1.165, 1.54) is 6.07 Å². The van der Waals surface area contributed by atoms with Gasteiger partial charge in [-0.05, 0) is 34.4 Å². The Balaban J connectivity index is 2.06. The third-order valence-electron chi connectivity index (χ3n) is 6.37. The van der Waals surface area contributed by atoms with Crippen LogP contribution in [0, 0.1) is 10.1 Å². The standard InChI is InChI=1S/C32H24NO3P/c34-31(29-23-13-14-24-30(29)33(35)36)32(25-15-5-1-6-16-25)37(26-17-7-2-8-18-26,27-19-9-3-10-20-27)28-21-11-4-12-22-28/h1-24H. The van der Waals surface area contributed by atoms with Crippen molar-refractivity contribution < 1.29 is 9.72 Å². The summed E-state index contributed by atoms with van der Waals surface area (Å²) >= 11 is 0. The van der Waals surface area contributed by atoms with Crippen molar-refractivity contribution in [3.63, 3.8) is 0 Å². The number of carbonyl (C=O) groups excluding carboxylic acids is 1. The van der Waals surface area contributed by atoms with Crippen molar-refractivity contribution in [3.8, 4) is 0 Å². The molecule has 0 heterocycles. The van der Waals surface area contributed by atoms with Crippen LogP contribution < -0.4 is 15.9 Å². The summed E-state index contributed by atoms with van der Waals surface area (Å²) in [5, 5.41) is 15.6. The molecule has 37 heavy (non-hydrogen) atoms. The second-order valence-electron chi connectivity index (χ2n) is 8.50. The van der Waals surface area contributed by atoms with Crippen LogP contribution in [0.1, 0.15) is 15.9 Å². The molecule has 0 aliphatic rings. The predicted octanol–water partition coefficient (Wildman–Crippen LogP) is 5.99. The van der Waals surface area contributed by atoms with Gasteiger partial charge in [0, 0.05) is 11.4 Å². The predicted molar refractivity (Wildman–Crippen MR) is 153 cm³/mol. The minimum absolute atomic E-state index is 0.0820. The summed E-state index contributed by atoms with van der Waals surface area (Å²) in [5.41, 5.74) is 0.627. The van der Waals surface area contributed by atoms with E-state index in [2.05, 4.69) is 36.4 Å². The van der Waals surface area contributed by atoms with E-state index in [1.807, 2.05) is 84.9 Å². The Kier molecular flexibility index (Phi) is 6.93. The van der Waals surface area contributed by atoms with Gasteiger partial charge in [-0.15, -0.1) is 0 Å². The lowest BCUT2D eigenvalue weighted by molar-refractivity contribution is -0.385. The summed E-state index contributed by atoms with van der Waals surface area (Å²) in [6, 6.07) is 45.9. The zero-order valence-electron chi connectivity index (χ0n) is 20.0. The minimum Gasteiger partial charge on any atom is -0.288 e. The number of para-hydroxylation sites is 1. The van der Waals surface area contributed by atoms with Gasteiger partial charge in [-0.2, -0.15) is 0 Å². The van der Waals surface area contributed by atoms with Crippen molar-refractivity contribution in [2.45, 2.75) is 0 Å². The monoisotopic (exact) mass is 501 g/mol. The fourth-order valence-corrected chi connectivity index (χ4v) is 9.30. The normalized spacial score (nSPS) is 11.0. The maximum atomic E-state index is 14.7. The largest absolute Gasteiger partial charge is 0.288 e. The van der Waals surface area contributed by atoms with Crippen molar-refractivity contribution in [2.75, 3.05) is 0 Å². The molecule has 4 nitrogen and oxygen atoms in total. The highest BCUT2D eigenvalue weighted by atomic mass is 31.2. The Morgan fingerprint density at radius 3 is 1.35 bits per heavy atom. The molecule has 180 valence electrons. The molecular weight excluding hydrogens is 477 g/mol. The highest BCUT2D eigenvalue weighted by Gasteiger charge is 2.36. The van der Waals surface area contributed by atoms with Gasteiger partial charge in [0.15, 0.2) is 0 Å². The van der Waals surface area contributed by atoms with Crippen LogP contribution in [0.2, 0.25) is 0 Å². The molecule has 0 amide bonds. The van der Waals surface area contributed by atoms with E-state index < -0.39 is 11.8 Å². The number of hydrogen-bond acceptors (Lipinski definition) is 3. The van der Waals surface area contributed by atoms with Crippen LogP contribution in [-0.2, 0) is 0 Å². The first-order valence-corrected chi connectivity index (χ1v) is 13.7. The second-order valence-corrected chi connectivity index (χ2v) is 11.8. The lowest BCUT2D eigenvalue weighted by Gasteiger charge is -2.32. The summed E-state index contributed by atoms with van der Waals surface area (Å²) in [5.74, 6) is -0.344. The Labute approximate surface area is 216 Å². The van der Waals surface area contributed by atoms with Gasteiger partial charge < -0.3 is 0 Å². The Bertz CT molecular complexity index is 1500. The van der Waals surface area contributed by atoms with Crippen LogP contribution in [0.15, 0.2) is 146 Å². The molecule has 0 aliphatic carbocycles. The van der Waals surface area contributed by atoms with Crippen LogP contribution in [0.5, 0.6) is 0 Å². The summed E-state index contributed by atoms with van der Waals surface area (Å²) in [7, 11) is 0. The zero-order chi connectivity index (χ0) is 25.7. The molecule has 5 aromatic carbocycles. The molecule has 0 spiro atoms. The molecule has 0 aromatic heterocycles. The van der Waals surface area contributed by atoms with Crippen LogP contribution in [-0.4, -0.2) is 16.0 Å². The number of nitro benzene ring substituents is 1. The molecule has 0 radical (unpaired) electrons. The van der Waals surface area contributed by atoms with E-state index >= 15 is 0 Å². The number of carbonyl (C=O) groups is 1. The van der Waals surface area contributed by atoms with E-state index in [1.54, 1.807) is 18.2 Å². The number of benzene rings is 5. The SMILES string of the molecule is O=C(C(c1ccccc1)=P(c1ccccc1)(c1ccccc1)c1ccccc1)c1ccccc1[N+](=O)[O-]. The van der Waals surface area contributed by atoms with Crippen LogP contribution in [0.3, 0.4) is 0 Å². The first kappa shape index (κ1) is 24.2. The van der Waals surface area contributed by atoms with E-state index in [0.29, 0.717) is 5.29 Å². The van der Waals surface area contributed by atoms with Gasteiger partial charge in [0.05, 0.1) is 4.92 Å². The van der Waals surface area contributed by atoms with Crippen molar-refractivity contribution in [1.29, 1.82) is 0 Å². The van der Waals surface area contributed by atoms with Crippen LogP contribution >= 0.6 is 6.89 Å². The number of hydrogen-bond donors (Lipinski definition) is 0. The lowest BCUT2D eigenvalue weighted by atomic mass is 10.0. The van der Waals surface area contributed by atoms with Gasteiger partial charge >= 0.3 is 0 Å². The number of nitro groups is 1. The van der Waals surface area contributed by atoms with Gasteiger partial charge in [0.25, 0.3) is 5.69 Å². The van der Waals surface area contributed by atoms with E-state index in [0.717, 1.165) is 21.5 Å². The number of rotatable bonds is 7. The number of ketones is 1. The molecule has 0 unspecified atom stereocenters. The molecule has 0 saturated heterocycles. The highest BCUT2D eigenvalue weighted by Crippen LogP contribution is 2.48. The van der Waals surface area contributed by atoms with E-state index in [4.69, 9.17) is 0 Å². The third-order valence-corrected chi connectivity index (χ3v) is 10.7. The molecular formula is C32H24NO3P. The Morgan fingerprint density at radius 1 is 0.541 bits per heavy atom. The van der Waals surface area contributed by atoms with Gasteiger partial charge in [0.2, 0.25) is 5.78 Å². The van der Waals surface area contributed by atoms with Gasteiger partial charge in [-0.1, -0.05) is 133 Å². The number of nitrogens with zero attached hydrogens (tertiary/aromatic N) is 1. The minimum atomic E-state index is -2.81. The third kappa shape index (κ3) is 4.44. The molecule has 0 aliphatic heterocycles. The smallest absolute Gasteiger partial charge is 0.280 e. The zero-order valence-corrected chi connectivity index (χ0v) is 20.9. The summed E-state index contributed by atoms with van der Waals surface area (Å²) < 4.78 is 0. The maximum Gasteiger partial charge on any atom is 0.280 e. The summed E-state index contributed by atoms with van der Waals surface area (Å²) in [6.07, 6.45) is 0. The van der Waals surface area contributed by atoms with E-state index in [-0.39, 0.29) is 17.0 Å². The quantitative estimate of drug-likeness (QED) is 0.119. The van der Waals surface area contributed by atoms with Gasteiger partial charge in [0.1, 0.15) is 5.56 Å². The van der Waals surface area contributed by atoms with Crippen molar-refractivity contribution in [3.05, 3.63) is 167 Å². The average molecular weight is 502 g/mol. The van der Waals surface area contributed by atoms with Gasteiger partial charge in [-0.25, -0.2) is 0 Å². The molecule has 0 bridgehead atoms. The molecule has 0 saturated carbocycles. The first-order valence-electron chi connectivity index (χ1n) is 11.9. The Hall–Kier alpha value is -4.53. The average Bonchev–Trinajstić information content (AvgIpc) is 2.97. The summed E-state index contributed by atoms with van der Waals surface area (Å²) in [4.78, 5) is 26.2. The maximum absolute atomic E-state index is 14.7. The van der Waals surface area contributed by atoms with Crippen molar-refractivity contribution in [2.24, 2.45) is 0 Å². The molecule has 5 heteroatoms. The first-order chi connectivity index (χ1) is 18.1. The van der Waals surface area contributed by atoms with Crippen LogP contribution in [0.25, 0.3) is 0 Å². The molecule has 5 rings (SSSR count). The van der Waals surface area contributed by atoms with Gasteiger partial charge in [-0.3, -0.25) is 14.9 Å². The fourth-order valence-electron chi connectivity index (χ4n) is 4.81. The molecule has 0 fully saturated rings. The Morgan fingerprint density at radius 2 is 0.919 bits per heavy atom.